The molecule has 0 aliphatic rings. The Hall–Kier alpha value is -2.41. The van der Waals surface area contributed by atoms with Gasteiger partial charge < -0.3 is 15.4 Å². The first kappa shape index (κ1) is 17.0. The van der Waals surface area contributed by atoms with E-state index in [-0.39, 0.29) is 12.5 Å². The second-order valence-corrected chi connectivity index (χ2v) is 5.79. The van der Waals surface area contributed by atoms with Crippen LogP contribution in [0, 0.1) is 6.92 Å². The van der Waals surface area contributed by atoms with Crippen molar-refractivity contribution in [2.45, 2.75) is 26.4 Å². The van der Waals surface area contributed by atoms with Gasteiger partial charge in [-0.15, -0.1) is 11.3 Å². The van der Waals surface area contributed by atoms with Gasteiger partial charge in [-0.25, -0.2) is 9.78 Å². The molecule has 2 amide bonds. The minimum Gasteiger partial charge on any atom is -0.445 e. The zero-order valence-electron chi connectivity index (χ0n) is 12.9. The average molecular weight is 333 g/mol. The number of carbonyl (C=O) groups is 2. The van der Waals surface area contributed by atoms with Gasteiger partial charge in [-0.2, -0.15) is 0 Å². The highest BCUT2D eigenvalue weighted by Crippen LogP contribution is 2.14. The van der Waals surface area contributed by atoms with Crippen molar-refractivity contribution in [2.24, 2.45) is 0 Å². The lowest BCUT2D eigenvalue weighted by Gasteiger charge is -2.07. The number of anilines is 1. The molecule has 7 heteroatoms. The van der Waals surface area contributed by atoms with Crippen LogP contribution in [0.2, 0.25) is 0 Å². The van der Waals surface area contributed by atoms with Crippen LogP contribution < -0.4 is 10.6 Å². The summed E-state index contributed by atoms with van der Waals surface area (Å²) in [5.41, 5.74) is 1.81. The highest BCUT2D eigenvalue weighted by Gasteiger charge is 2.06. The van der Waals surface area contributed by atoms with E-state index in [1.807, 2.05) is 42.6 Å². The lowest BCUT2D eigenvalue weighted by Crippen LogP contribution is -2.26. The molecule has 0 unspecified atom stereocenters. The first-order chi connectivity index (χ1) is 11.1. The van der Waals surface area contributed by atoms with E-state index in [1.165, 1.54) is 11.3 Å². The molecule has 2 rings (SSSR count). The summed E-state index contributed by atoms with van der Waals surface area (Å²) in [5, 5.41) is 7.82. The van der Waals surface area contributed by atoms with Gasteiger partial charge in [0, 0.05) is 18.3 Å². The molecular formula is C16H19N3O3S. The number of thiazole rings is 1. The summed E-state index contributed by atoms with van der Waals surface area (Å²) in [6.45, 7) is 2.49. The van der Waals surface area contributed by atoms with Gasteiger partial charge in [0.15, 0.2) is 5.13 Å². The summed E-state index contributed by atoms with van der Waals surface area (Å²) in [6.07, 6.45) is 0.374. The van der Waals surface area contributed by atoms with E-state index in [4.69, 9.17) is 4.74 Å². The standard InChI is InChI=1S/C16H19N3O3S/c1-12-11-23-15(18-12)19-14(20)8-5-9-17-16(21)22-10-13-6-3-2-4-7-13/h2-4,6-7,11H,5,8-10H2,1H3,(H,17,21)(H,18,19,20). The maximum atomic E-state index is 11.7. The Kier molecular flexibility index (Phi) is 6.56. The predicted octanol–water partition coefficient (Wildman–Crippen LogP) is 3.10. The van der Waals surface area contributed by atoms with Crippen LogP contribution in [0.1, 0.15) is 24.1 Å². The second kappa shape index (κ2) is 8.89. The van der Waals surface area contributed by atoms with Crippen LogP contribution in [0.4, 0.5) is 9.93 Å². The molecule has 0 spiro atoms. The number of hydrogen-bond donors (Lipinski definition) is 2. The number of alkyl carbamates (subject to hydrolysis) is 1. The summed E-state index contributed by atoms with van der Waals surface area (Å²) in [7, 11) is 0. The van der Waals surface area contributed by atoms with E-state index in [0.717, 1.165) is 11.3 Å². The quantitative estimate of drug-likeness (QED) is 0.763. The molecule has 0 bridgehead atoms. The van der Waals surface area contributed by atoms with E-state index in [9.17, 15) is 9.59 Å². The van der Waals surface area contributed by atoms with Gasteiger partial charge in [-0.05, 0) is 18.9 Å². The number of rotatable bonds is 7. The fourth-order valence-corrected chi connectivity index (χ4v) is 2.51. The fraction of sp³-hybridized carbons (Fsp3) is 0.312. The molecule has 1 aromatic heterocycles. The van der Waals surface area contributed by atoms with Crippen LogP contribution in [-0.2, 0) is 16.1 Å². The number of nitrogens with one attached hydrogen (secondary N) is 2. The third-order valence-corrected chi connectivity index (χ3v) is 3.80. The third kappa shape index (κ3) is 6.48. The predicted molar refractivity (Wildman–Crippen MR) is 89.3 cm³/mol. The summed E-state index contributed by atoms with van der Waals surface area (Å²) < 4.78 is 5.07. The SMILES string of the molecule is Cc1csc(NC(=O)CCCNC(=O)OCc2ccccc2)n1. The van der Waals surface area contributed by atoms with E-state index < -0.39 is 6.09 Å². The van der Waals surface area contributed by atoms with Crippen LogP contribution in [0.5, 0.6) is 0 Å². The molecule has 0 aliphatic carbocycles. The Balaban J connectivity index is 1.56. The number of aromatic nitrogens is 1. The highest BCUT2D eigenvalue weighted by molar-refractivity contribution is 7.13. The first-order valence-electron chi connectivity index (χ1n) is 7.30. The van der Waals surface area contributed by atoms with Crippen LogP contribution in [0.25, 0.3) is 0 Å². The van der Waals surface area contributed by atoms with Gasteiger partial charge in [0.2, 0.25) is 5.91 Å². The van der Waals surface area contributed by atoms with Crippen molar-refractivity contribution in [1.82, 2.24) is 10.3 Å². The Morgan fingerprint density at radius 3 is 2.74 bits per heavy atom. The Morgan fingerprint density at radius 1 is 1.26 bits per heavy atom. The molecule has 1 heterocycles. The van der Waals surface area contributed by atoms with Crippen molar-refractivity contribution in [1.29, 1.82) is 0 Å². The van der Waals surface area contributed by atoms with Crippen molar-refractivity contribution in [3.8, 4) is 0 Å². The number of amides is 2. The Morgan fingerprint density at radius 2 is 2.04 bits per heavy atom. The number of carbonyl (C=O) groups excluding carboxylic acids is 2. The second-order valence-electron chi connectivity index (χ2n) is 4.93. The van der Waals surface area contributed by atoms with Crippen molar-refractivity contribution in [3.63, 3.8) is 0 Å². The van der Waals surface area contributed by atoms with Crippen LogP contribution in [-0.4, -0.2) is 23.5 Å². The summed E-state index contributed by atoms with van der Waals surface area (Å²) >= 11 is 1.39. The molecule has 122 valence electrons. The van der Waals surface area contributed by atoms with Gasteiger partial charge in [-0.1, -0.05) is 30.3 Å². The van der Waals surface area contributed by atoms with E-state index in [1.54, 1.807) is 0 Å². The molecular weight excluding hydrogens is 314 g/mol. The molecule has 1 aromatic carbocycles. The molecule has 6 nitrogen and oxygen atoms in total. The molecule has 23 heavy (non-hydrogen) atoms. The number of ether oxygens (including phenoxy) is 1. The average Bonchev–Trinajstić information content (AvgIpc) is 2.95. The molecule has 2 aromatic rings. The summed E-state index contributed by atoms with van der Waals surface area (Å²) in [5.74, 6) is -0.112. The van der Waals surface area contributed by atoms with Gasteiger partial charge in [0.05, 0.1) is 5.69 Å². The van der Waals surface area contributed by atoms with Crippen molar-refractivity contribution < 1.29 is 14.3 Å². The van der Waals surface area contributed by atoms with E-state index in [2.05, 4.69) is 15.6 Å². The summed E-state index contributed by atoms with van der Waals surface area (Å²) in [6, 6.07) is 9.45. The normalized spacial score (nSPS) is 10.1. The Labute approximate surface area is 138 Å². The zero-order valence-corrected chi connectivity index (χ0v) is 13.7. The monoisotopic (exact) mass is 333 g/mol. The molecule has 0 radical (unpaired) electrons. The number of nitrogens with zero attached hydrogens (tertiary/aromatic N) is 1. The summed E-state index contributed by atoms with van der Waals surface area (Å²) in [4.78, 5) is 27.4. The van der Waals surface area contributed by atoms with Gasteiger partial charge in [0.25, 0.3) is 0 Å². The Bertz CT molecular complexity index is 643. The molecule has 0 saturated carbocycles. The maximum Gasteiger partial charge on any atom is 0.407 e. The lowest BCUT2D eigenvalue weighted by molar-refractivity contribution is -0.116. The molecule has 0 fully saturated rings. The zero-order chi connectivity index (χ0) is 16.5. The number of benzene rings is 1. The maximum absolute atomic E-state index is 11.7. The van der Waals surface area contributed by atoms with Gasteiger partial charge >= 0.3 is 6.09 Å². The van der Waals surface area contributed by atoms with Gasteiger partial charge in [-0.3, -0.25) is 4.79 Å². The lowest BCUT2D eigenvalue weighted by atomic mass is 10.2. The van der Waals surface area contributed by atoms with Gasteiger partial charge in [0.1, 0.15) is 6.61 Å². The molecule has 0 atom stereocenters. The van der Waals surface area contributed by atoms with Crippen molar-refractivity contribution in [2.75, 3.05) is 11.9 Å². The van der Waals surface area contributed by atoms with Crippen molar-refractivity contribution in [3.05, 3.63) is 47.0 Å². The largest absolute Gasteiger partial charge is 0.445 e. The topological polar surface area (TPSA) is 80.3 Å². The molecule has 0 saturated heterocycles. The van der Waals surface area contributed by atoms with E-state index >= 15 is 0 Å². The first-order valence-corrected chi connectivity index (χ1v) is 8.18. The third-order valence-electron chi connectivity index (χ3n) is 2.93. The minimum atomic E-state index is -0.482. The van der Waals surface area contributed by atoms with E-state index in [0.29, 0.717) is 24.5 Å². The molecule has 0 aliphatic heterocycles. The van der Waals surface area contributed by atoms with Crippen molar-refractivity contribution >= 4 is 28.5 Å². The van der Waals surface area contributed by atoms with Crippen LogP contribution in [0.15, 0.2) is 35.7 Å². The van der Waals surface area contributed by atoms with Crippen LogP contribution in [0.3, 0.4) is 0 Å². The minimum absolute atomic E-state index is 0.112. The van der Waals surface area contributed by atoms with Crippen LogP contribution >= 0.6 is 11.3 Å². The number of hydrogen-bond acceptors (Lipinski definition) is 5. The molecule has 2 N–H and O–H groups in total. The number of aryl methyl sites for hydroxylation is 1. The fourth-order valence-electron chi connectivity index (χ4n) is 1.81. The highest BCUT2D eigenvalue weighted by atomic mass is 32.1. The smallest absolute Gasteiger partial charge is 0.407 e.